The lowest BCUT2D eigenvalue weighted by molar-refractivity contribution is 1.13. The van der Waals surface area contributed by atoms with E-state index in [1.54, 1.807) is 12.4 Å². The molecule has 0 radical (unpaired) electrons. The fraction of sp³-hybridized carbons (Fsp3) is 0. The Bertz CT molecular complexity index is 676. The molecule has 1 aromatic carbocycles. The van der Waals surface area contributed by atoms with E-state index in [4.69, 9.17) is 17.3 Å². The lowest BCUT2D eigenvalue weighted by atomic mass is 10.1. The number of aromatic amines is 1. The second kappa shape index (κ2) is 3.75. The van der Waals surface area contributed by atoms with Crippen LogP contribution in [0, 0.1) is 0 Å². The molecule has 4 nitrogen and oxygen atoms in total. The summed E-state index contributed by atoms with van der Waals surface area (Å²) >= 11 is 6.24. The molecule has 3 rings (SSSR count). The number of halogens is 1. The average molecular weight is 245 g/mol. The molecular formula is C12H9ClN4. The van der Waals surface area contributed by atoms with Gasteiger partial charge in [-0.05, 0) is 29.8 Å². The van der Waals surface area contributed by atoms with E-state index in [-0.39, 0.29) is 0 Å². The highest BCUT2D eigenvalue weighted by molar-refractivity contribution is 6.34. The van der Waals surface area contributed by atoms with Gasteiger partial charge in [0.15, 0.2) is 5.82 Å². The number of aromatic nitrogens is 3. The van der Waals surface area contributed by atoms with Crippen molar-refractivity contribution in [1.82, 2.24) is 15.2 Å². The SMILES string of the molecule is Nc1n[nH]c2cc(Cl)c(-c3ccncc3)cc12. The summed E-state index contributed by atoms with van der Waals surface area (Å²) in [6.45, 7) is 0. The van der Waals surface area contributed by atoms with Crippen molar-refractivity contribution in [1.29, 1.82) is 0 Å². The molecule has 3 aromatic rings. The van der Waals surface area contributed by atoms with Gasteiger partial charge in [0.1, 0.15) is 0 Å². The van der Waals surface area contributed by atoms with E-state index >= 15 is 0 Å². The van der Waals surface area contributed by atoms with Crippen molar-refractivity contribution in [3.05, 3.63) is 41.7 Å². The molecule has 84 valence electrons. The van der Waals surface area contributed by atoms with E-state index in [0.717, 1.165) is 22.0 Å². The van der Waals surface area contributed by atoms with Crippen LogP contribution >= 0.6 is 11.6 Å². The lowest BCUT2D eigenvalue weighted by Crippen LogP contribution is -1.85. The van der Waals surface area contributed by atoms with Gasteiger partial charge in [0.2, 0.25) is 0 Å². The highest BCUT2D eigenvalue weighted by atomic mass is 35.5. The highest BCUT2D eigenvalue weighted by Gasteiger charge is 2.09. The normalized spacial score (nSPS) is 10.9. The van der Waals surface area contributed by atoms with Gasteiger partial charge in [0.05, 0.1) is 10.5 Å². The molecule has 0 amide bonds. The van der Waals surface area contributed by atoms with Crippen molar-refractivity contribution < 1.29 is 0 Å². The molecule has 0 aliphatic rings. The maximum absolute atomic E-state index is 6.24. The van der Waals surface area contributed by atoms with Crippen LogP contribution in [0.4, 0.5) is 5.82 Å². The third-order valence-corrected chi connectivity index (χ3v) is 2.98. The first kappa shape index (κ1) is 10.1. The molecular weight excluding hydrogens is 236 g/mol. The van der Waals surface area contributed by atoms with Crippen LogP contribution in [0.3, 0.4) is 0 Å². The number of rotatable bonds is 1. The fourth-order valence-corrected chi connectivity index (χ4v) is 2.08. The van der Waals surface area contributed by atoms with E-state index in [1.807, 2.05) is 24.3 Å². The number of anilines is 1. The Balaban J connectivity index is 2.29. The first-order valence-corrected chi connectivity index (χ1v) is 5.47. The predicted molar refractivity (Wildman–Crippen MR) is 68.7 cm³/mol. The first-order valence-electron chi connectivity index (χ1n) is 5.09. The molecule has 3 N–H and O–H groups in total. The molecule has 17 heavy (non-hydrogen) atoms. The average Bonchev–Trinajstić information content (AvgIpc) is 2.70. The van der Waals surface area contributed by atoms with E-state index in [9.17, 15) is 0 Å². The zero-order valence-corrected chi connectivity index (χ0v) is 9.57. The van der Waals surface area contributed by atoms with Gasteiger partial charge in [-0.15, -0.1) is 0 Å². The van der Waals surface area contributed by atoms with Crippen LogP contribution < -0.4 is 5.73 Å². The molecule has 0 atom stereocenters. The van der Waals surface area contributed by atoms with Gasteiger partial charge in [-0.25, -0.2) is 0 Å². The van der Waals surface area contributed by atoms with Gasteiger partial charge in [0, 0.05) is 23.3 Å². The minimum Gasteiger partial charge on any atom is -0.382 e. The van der Waals surface area contributed by atoms with Crippen molar-refractivity contribution >= 4 is 28.3 Å². The Hall–Kier alpha value is -2.07. The van der Waals surface area contributed by atoms with Crippen LogP contribution in [0.25, 0.3) is 22.0 Å². The minimum absolute atomic E-state index is 0.479. The third-order valence-electron chi connectivity index (χ3n) is 2.67. The number of hydrogen-bond acceptors (Lipinski definition) is 3. The number of nitrogen functional groups attached to an aromatic ring is 1. The second-order valence-electron chi connectivity index (χ2n) is 3.72. The number of pyridine rings is 1. The fourth-order valence-electron chi connectivity index (χ4n) is 1.81. The highest BCUT2D eigenvalue weighted by Crippen LogP contribution is 2.32. The van der Waals surface area contributed by atoms with Gasteiger partial charge in [-0.1, -0.05) is 11.6 Å². The standard InChI is InChI=1S/C12H9ClN4/c13-10-6-11-9(12(14)17-16-11)5-8(10)7-1-3-15-4-2-7/h1-6H,(H3,14,16,17). The number of H-pyrrole nitrogens is 1. The summed E-state index contributed by atoms with van der Waals surface area (Å²) < 4.78 is 0. The van der Waals surface area contributed by atoms with Crippen molar-refractivity contribution in [3.63, 3.8) is 0 Å². The van der Waals surface area contributed by atoms with Gasteiger partial charge in [-0.2, -0.15) is 5.10 Å². The molecule has 0 aliphatic heterocycles. The van der Waals surface area contributed by atoms with Crippen LogP contribution in [-0.2, 0) is 0 Å². The Kier molecular flexibility index (Phi) is 2.23. The lowest BCUT2D eigenvalue weighted by Gasteiger charge is -2.04. The third kappa shape index (κ3) is 1.62. The summed E-state index contributed by atoms with van der Waals surface area (Å²) in [5.74, 6) is 0.479. The van der Waals surface area contributed by atoms with Crippen LogP contribution in [-0.4, -0.2) is 15.2 Å². The van der Waals surface area contributed by atoms with Gasteiger partial charge in [-0.3, -0.25) is 10.1 Å². The number of benzene rings is 1. The summed E-state index contributed by atoms with van der Waals surface area (Å²) in [4.78, 5) is 3.98. The summed E-state index contributed by atoms with van der Waals surface area (Å²) in [5.41, 5.74) is 8.55. The topological polar surface area (TPSA) is 67.6 Å². The van der Waals surface area contributed by atoms with E-state index < -0.39 is 0 Å². The monoisotopic (exact) mass is 244 g/mol. The van der Waals surface area contributed by atoms with Gasteiger partial charge in [0.25, 0.3) is 0 Å². The van der Waals surface area contributed by atoms with Crippen molar-refractivity contribution in [2.24, 2.45) is 0 Å². The molecule has 0 saturated heterocycles. The summed E-state index contributed by atoms with van der Waals surface area (Å²) in [7, 11) is 0. The maximum atomic E-state index is 6.24. The molecule has 0 aliphatic carbocycles. The van der Waals surface area contributed by atoms with Gasteiger partial charge < -0.3 is 5.73 Å². The van der Waals surface area contributed by atoms with Gasteiger partial charge >= 0.3 is 0 Å². The van der Waals surface area contributed by atoms with E-state index in [2.05, 4.69) is 15.2 Å². The zero-order valence-electron chi connectivity index (χ0n) is 8.81. The Morgan fingerprint density at radius 2 is 1.94 bits per heavy atom. The molecule has 2 heterocycles. The molecule has 0 spiro atoms. The van der Waals surface area contributed by atoms with Crippen LogP contribution in [0.2, 0.25) is 5.02 Å². The second-order valence-corrected chi connectivity index (χ2v) is 4.13. The number of hydrogen-bond donors (Lipinski definition) is 2. The number of nitrogens with zero attached hydrogens (tertiary/aromatic N) is 2. The molecule has 0 saturated carbocycles. The summed E-state index contributed by atoms with van der Waals surface area (Å²) in [5, 5.41) is 8.32. The summed E-state index contributed by atoms with van der Waals surface area (Å²) in [6.07, 6.45) is 3.46. The van der Waals surface area contributed by atoms with Crippen molar-refractivity contribution in [3.8, 4) is 11.1 Å². The Morgan fingerprint density at radius 1 is 1.18 bits per heavy atom. The number of nitrogens with two attached hydrogens (primary N) is 1. The van der Waals surface area contributed by atoms with E-state index in [0.29, 0.717) is 10.8 Å². The number of nitrogens with one attached hydrogen (secondary N) is 1. The Morgan fingerprint density at radius 3 is 2.71 bits per heavy atom. The van der Waals surface area contributed by atoms with Crippen molar-refractivity contribution in [2.75, 3.05) is 5.73 Å². The van der Waals surface area contributed by atoms with E-state index in [1.165, 1.54) is 0 Å². The molecule has 0 fully saturated rings. The smallest absolute Gasteiger partial charge is 0.153 e. The first-order chi connectivity index (χ1) is 8.25. The van der Waals surface area contributed by atoms with Crippen LogP contribution in [0.5, 0.6) is 0 Å². The minimum atomic E-state index is 0.479. The van der Waals surface area contributed by atoms with Crippen molar-refractivity contribution in [2.45, 2.75) is 0 Å². The number of fused-ring (bicyclic) bond motifs is 1. The molecule has 0 unspecified atom stereocenters. The zero-order chi connectivity index (χ0) is 11.8. The molecule has 5 heteroatoms. The quantitative estimate of drug-likeness (QED) is 0.692. The Labute approximate surface area is 102 Å². The maximum Gasteiger partial charge on any atom is 0.153 e. The molecule has 2 aromatic heterocycles. The van der Waals surface area contributed by atoms with Crippen LogP contribution in [0.15, 0.2) is 36.7 Å². The molecule has 0 bridgehead atoms. The van der Waals surface area contributed by atoms with Crippen LogP contribution in [0.1, 0.15) is 0 Å². The predicted octanol–water partition coefficient (Wildman–Crippen LogP) is 2.86. The summed E-state index contributed by atoms with van der Waals surface area (Å²) in [6, 6.07) is 7.58. The largest absolute Gasteiger partial charge is 0.382 e.